The molecule has 36 heavy (non-hydrogen) atoms. The zero-order valence-electron chi connectivity index (χ0n) is 20.3. The third-order valence-corrected chi connectivity index (χ3v) is 6.63. The molecule has 1 atom stereocenters. The molecular weight excluding hydrogens is 450 g/mol. The second kappa shape index (κ2) is 10.6. The minimum Gasteiger partial charge on any atom is -0.462 e. The van der Waals surface area contributed by atoms with Crippen molar-refractivity contribution in [2.45, 2.75) is 38.5 Å². The van der Waals surface area contributed by atoms with Crippen molar-refractivity contribution in [2.24, 2.45) is 0 Å². The Labute approximate surface area is 211 Å². The third kappa shape index (κ3) is 5.10. The van der Waals surface area contributed by atoms with Crippen molar-refractivity contribution in [1.82, 2.24) is 5.32 Å². The van der Waals surface area contributed by atoms with Crippen molar-refractivity contribution >= 4 is 11.8 Å². The largest absolute Gasteiger partial charge is 0.462 e. The van der Waals surface area contributed by atoms with Gasteiger partial charge in [0, 0.05) is 35.7 Å². The Morgan fingerprint density at radius 1 is 0.917 bits per heavy atom. The number of nitrogens with one attached hydrogen (secondary N) is 1. The number of dihydropyridines is 1. The van der Waals surface area contributed by atoms with Gasteiger partial charge in [-0.15, -0.1) is 0 Å². The summed E-state index contributed by atoms with van der Waals surface area (Å²) in [6.45, 7) is 2.15. The van der Waals surface area contributed by atoms with Gasteiger partial charge in [0.2, 0.25) is 0 Å². The summed E-state index contributed by atoms with van der Waals surface area (Å²) in [6, 6.07) is 27.1. The molecule has 0 saturated carbocycles. The lowest BCUT2D eigenvalue weighted by Gasteiger charge is -2.34. The van der Waals surface area contributed by atoms with Crippen LogP contribution in [0.5, 0.6) is 11.5 Å². The number of hydrogen-bond acceptors (Lipinski definition) is 5. The summed E-state index contributed by atoms with van der Waals surface area (Å²) in [7, 11) is 0. The van der Waals surface area contributed by atoms with Crippen molar-refractivity contribution < 1.29 is 19.1 Å². The molecule has 0 amide bonds. The molecule has 182 valence electrons. The maximum Gasteiger partial charge on any atom is 0.336 e. The van der Waals surface area contributed by atoms with Gasteiger partial charge < -0.3 is 14.8 Å². The Balaban J connectivity index is 1.45. The van der Waals surface area contributed by atoms with Crippen LogP contribution in [0.15, 0.2) is 107 Å². The van der Waals surface area contributed by atoms with Gasteiger partial charge in [-0.05, 0) is 55.2 Å². The van der Waals surface area contributed by atoms with Crippen LogP contribution in [0.4, 0.5) is 0 Å². The average molecular weight is 480 g/mol. The first-order valence-electron chi connectivity index (χ1n) is 12.4. The molecule has 0 unspecified atom stereocenters. The van der Waals surface area contributed by atoms with E-state index < -0.39 is 11.9 Å². The van der Waals surface area contributed by atoms with Gasteiger partial charge in [0.25, 0.3) is 0 Å². The Morgan fingerprint density at radius 3 is 2.42 bits per heavy atom. The molecule has 0 saturated heterocycles. The minimum atomic E-state index is -0.502. The quantitative estimate of drug-likeness (QED) is 0.407. The lowest BCUT2D eigenvalue weighted by molar-refractivity contribution is -0.139. The number of carbonyl (C=O) groups is 2. The van der Waals surface area contributed by atoms with E-state index in [4.69, 9.17) is 9.47 Å². The minimum absolute atomic E-state index is 0.0743. The smallest absolute Gasteiger partial charge is 0.336 e. The van der Waals surface area contributed by atoms with Gasteiger partial charge in [0.15, 0.2) is 5.78 Å². The first kappa shape index (κ1) is 23.6. The van der Waals surface area contributed by atoms with E-state index >= 15 is 0 Å². The van der Waals surface area contributed by atoms with Gasteiger partial charge in [-0.1, -0.05) is 60.7 Å². The standard InChI is InChI=1S/C31H29NO4/c1-21-28(31(34)35-19-18-22-10-4-2-5-11-22)29(30-26(32-21)16-9-17-27(30)33)23-12-8-15-25(20-23)36-24-13-6-3-7-14-24/h2-8,10-15,20,29,32H,9,16-19H2,1H3/t29-/m1/s1. The highest BCUT2D eigenvalue weighted by atomic mass is 16.5. The van der Waals surface area contributed by atoms with Crippen molar-refractivity contribution in [3.63, 3.8) is 0 Å². The SMILES string of the molecule is CC1=C(C(=O)OCCc2ccccc2)[C@@H](c2cccc(Oc3ccccc3)c2)C2=C(CCCC2=O)N1. The summed E-state index contributed by atoms with van der Waals surface area (Å²) in [5.74, 6) is 0.543. The fourth-order valence-corrected chi connectivity index (χ4v) is 4.95. The Morgan fingerprint density at radius 2 is 1.64 bits per heavy atom. The highest BCUT2D eigenvalue weighted by molar-refractivity contribution is 6.03. The van der Waals surface area contributed by atoms with Crippen LogP contribution in [-0.2, 0) is 20.7 Å². The number of benzene rings is 3. The van der Waals surface area contributed by atoms with Crippen LogP contribution < -0.4 is 10.1 Å². The van der Waals surface area contributed by atoms with Crippen molar-refractivity contribution in [1.29, 1.82) is 0 Å². The van der Waals surface area contributed by atoms with E-state index in [2.05, 4.69) is 5.32 Å². The molecule has 1 aliphatic heterocycles. The van der Waals surface area contributed by atoms with Gasteiger partial charge in [0.1, 0.15) is 11.5 Å². The predicted octanol–water partition coefficient (Wildman–Crippen LogP) is 6.23. The van der Waals surface area contributed by atoms with Crippen LogP contribution in [0.1, 0.15) is 43.2 Å². The van der Waals surface area contributed by atoms with Crippen molar-refractivity contribution in [3.8, 4) is 11.5 Å². The lowest BCUT2D eigenvalue weighted by Crippen LogP contribution is -2.34. The second-order valence-corrected chi connectivity index (χ2v) is 9.12. The molecule has 0 bridgehead atoms. The van der Waals surface area contributed by atoms with Gasteiger partial charge in [-0.2, -0.15) is 0 Å². The number of ether oxygens (including phenoxy) is 2. The number of para-hydroxylation sites is 1. The highest BCUT2D eigenvalue weighted by Crippen LogP contribution is 2.43. The number of ketones is 1. The van der Waals surface area contributed by atoms with Crippen LogP contribution in [0.25, 0.3) is 0 Å². The maximum absolute atomic E-state index is 13.5. The number of carbonyl (C=O) groups excluding carboxylic acids is 2. The predicted molar refractivity (Wildman–Crippen MR) is 139 cm³/mol. The number of rotatable bonds is 7. The average Bonchev–Trinajstić information content (AvgIpc) is 2.89. The van der Waals surface area contributed by atoms with Crippen LogP contribution in [-0.4, -0.2) is 18.4 Å². The van der Waals surface area contributed by atoms with Gasteiger partial charge in [-0.25, -0.2) is 4.79 Å². The molecule has 0 fully saturated rings. The normalized spacial score (nSPS) is 17.4. The monoisotopic (exact) mass is 479 g/mol. The summed E-state index contributed by atoms with van der Waals surface area (Å²) in [4.78, 5) is 26.6. The summed E-state index contributed by atoms with van der Waals surface area (Å²) in [5, 5.41) is 3.35. The van der Waals surface area contributed by atoms with E-state index in [1.807, 2.05) is 91.9 Å². The summed E-state index contributed by atoms with van der Waals surface area (Å²) >= 11 is 0. The van der Waals surface area contributed by atoms with Crippen molar-refractivity contribution in [3.05, 3.63) is 119 Å². The van der Waals surface area contributed by atoms with Crippen LogP contribution in [0.3, 0.4) is 0 Å². The van der Waals surface area contributed by atoms with E-state index in [1.165, 1.54) is 0 Å². The molecule has 0 aromatic heterocycles. The van der Waals surface area contributed by atoms with Crippen molar-refractivity contribution in [2.75, 3.05) is 6.61 Å². The van der Waals surface area contributed by atoms with E-state index in [0.717, 1.165) is 41.1 Å². The molecule has 5 nitrogen and oxygen atoms in total. The Hall–Kier alpha value is -4.12. The first-order chi connectivity index (χ1) is 17.6. The molecule has 1 aliphatic carbocycles. The van der Waals surface area contributed by atoms with E-state index in [0.29, 0.717) is 29.7 Å². The lowest BCUT2D eigenvalue weighted by atomic mass is 9.75. The molecule has 3 aromatic rings. The number of esters is 1. The third-order valence-electron chi connectivity index (χ3n) is 6.63. The van der Waals surface area contributed by atoms with Gasteiger partial charge in [-0.3, -0.25) is 4.79 Å². The zero-order valence-corrected chi connectivity index (χ0v) is 20.3. The molecule has 0 radical (unpaired) electrons. The maximum atomic E-state index is 13.5. The van der Waals surface area contributed by atoms with E-state index in [-0.39, 0.29) is 12.4 Å². The molecule has 5 heteroatoms. The van der Waals surface area contributed by atoms with Crippen LogP contribution in [0, 0.1) is 0 Å². The summed E-state index contributed by atoms with van der Waals surface area (Å²) < 4.78 is 11.8. The Kier molecular flexibility index (Phi) is 6.99. The summed E-state index contributed by atoms with van der Waals surface area (Å²) in [5.41, 5.74) is 4.72. The fourth-order valence-electron chi connectivity index (χ4n) is 4.95. The number of allylic oxidation sites excluding steroid dienone is 3. The Bertz CT molecular complexity index is 1320. The highest BCUT2D eigenvalue weighted by Gasteiger charge is 2.39. The van der Waals surface area contributed by atoms with Gasteiger partial charge >= 0.3 is 5.97 Å². The number of Topliss-reactive ketones (excluding diaryl/α,β-unsaturated/α-hetero) is 1. The number of hydrogen-bond donors (Lipinski definition) is 1. The molecule has 1 heterocycles. The second-order valence-electron chi connectivity index (χ2n) is 9.12. The summed E-state index contributed by atoms with van der Waals surface area (Å²) in [6.07, 6.45) is 2.70. The molecule has 1 N–H and O–H groups in total. The molecular formula is C31H29NO4. The van der Waals surface area contributed by atoms with E-state index in [9.17, 15) is 9.59 Å². The molecule has 0 spiro atoms. The van der Waals surface area contributed by atoms with E-state index in [1.54, 1.807) is 0 Å². The molecule has 5 rings (SSSR count). The topological polar surface area (TPSA) is 64.6 Å². The molecule has 3 aromatic carbocycles. The fraction of sp³-hybridized carbons (Fsp3) is 0.226. The molecule has 2 aliphatic rings. The van der Waals surface area contributed by atoms with Crippen LogP contribution >= 0.6 is 0 Å². The van der Waals surface area contributed by atoms with Crippen LogP contribution in [0.2, 0.25) is 0 Å². The first-order valence-corrected chi connectivity index (χ1v) is 12.4. The van der Waals surface area contributed by atoms with Gasteiger partial charge in [0.05, 0.1) is 12.2 Å². The zero-order chi connectivity index (χ0) is 24.9.